The molecule has 2 aromatic rings. The van der Waals surface area contributed by atoms with Gasteiger partial charge in [0.15, 0.2) is 4.87 Å². The Kier molecular flexibility index (Phi) is 5.51. The number of amides is 1. The molecule has 2 aliphatic rings. The Morgan fingerprint density at radius 1 is 1.31 bits per heavy atom. The number of halogens is 1. The molecule has 2 fully saturated rings. The van der Waals surface area contributed by atoms with Crippen LogP contribution in [-0.2, 0) is 20.9 Å². The lowest BCUT2D eigenvalue weighted by Gasteiger charge is -2.31. The smallest absolute Gasteiger partial charge is 0.327 e. The highest BCUT2D eigenvalue weighted by Crippen LogP contribution is 2.50. The minimum absolute atomic E-state index is 0.0883. The molecular weight excluding hydrogens is 396 g/mol. The van der Waals surface area contributed by atoms with Gasteiger partial charge in [0.05, 0.1) is 30.6 Å². The van der Waals surface area contributed by atoms with E-state index in [1.54, 1.807) is 17.1 Å². The normalized spacial score (nSPS) is 24.8. The number of nitrogens with one attached hydrogen (secondary N) is 1. The summed E-state index contributed by atoms with van der Waals surface area (Å²) in [6.07, 6.45) is 7.37. The van der Waals surface area contributed by atoms with Crippen molar-refractivity contribution in [3.8, 4) is 5.69 Å². The summed E-state index contributed by atoms with van der Waals surface area (Å²) in [4.78, 5) is 29.1. The predicted octanol–water partition coefficient (Wildman–Crippen LogP) is 0.913. The number of aromatic nitrogens is 4. The summed E-state index contributed by atoms with van der Waals surface area (Å²) in [6, 6.07) is 3.84. The number of ether oxygens (including phenoxy) is 1. The fraction of sp³-hybridized carbons (Fsp3) is 0.526. The molecular formula is C19H23ClN6O3. The van der Waals surface area contributed by atoms with Crippen molar-refractivity contribution in [1.82, 2.24) is 30.2 Å². The van der Waals surface area contributed by atoms with Crippen molar-refractivity contribution in [2.45, 2.75) is 36.7 Å². The van der Waals surface area contributed by atoms with Gasteiger partial charge in [0.1, 0.15) is 0 Å². The molecule has 1 amide bonds. The van der Waals surface area contributed by atoms with E-state index in [9.17, 15) is 9.59 Å². The SMILES string of the molecule is COC(=O)[C@@]1(Cl)C[C@@H]1C(=O)NC1CCN(Cc2cn(-c3ccncc3)nn2)CC1. The van der Waals surface area contributed by atoms with Crippen LogP contribution in [0.15, 0.2) is 30.7 Å². The zero-order valence-electron chi connectivity index (χ0n) is 16.1. The van der Waals surface area contributed by atoms with Gasteiger partial charge in [-0.15, -0.1) is 16.7 Å². The summed E-state index contributed by atoms with van der Waals surface area (Å²) in [5, 5.41) is 11.5. The van der Waals surface area contributed by atoms with E-state index in [2.05, 4.69) is 30.2 Å². The maximum absolute atomic E-state index is 12.4. The standard InChI is InChI=1S/C19H23ClN6O3/c1-29-18(28)19(20)10-16(19)17(27)22-13-4-8-25(9-5-13)11-14-12-26(24-23-14)15-2-6-21-7-3-15/h2-3,6-7,12-13,16H,4-5,8-11H2,1H3,(H,22,27)/t16-,19-/m1/s1. The highest BCUT2D eigenvalue weighted by molar-refractivity contribution is 6.38. The molecule has 2 aromatic heterocycles. The Labute approximate surface area is 173 Å². The number of methoxy groups -OCH3 is 1. The highest BCUT2D eigenvalue weighted by Gasteiger charge is 2.64. The minimum Gasteiger partial charge on any atom is -0.468 e. The van der Waals surface area contributed by atoms with Gasteiger partial charge in [0.25, 0.3) is 0 Å². The number of esters is 1. The summed E-state index contributed by atoms with van der Waals surface area (Å²) in [7, 11) is 1.28. The zero-order chi connectivity index (χ0) is 20.4. The van der Waals surface area contributed by atoms with Gasteiger partial charge in [-0.2, -0.15) is 0 Å². The second-order valence-corrected chi connectivity index (χ2v) is 8.20. The van der Waals surface area contributed by atoms with E-state index in [1.807, 2.05) is 18.3 Å². The number of carbonyl (C=O) groups is 2. The van der Waals surface area contributed by atoms with Crippen molar-refractivity contribution in [2.24, 2.45) is 5.92 Å². The molecule has 1 aliphatic heterocycles. The van der Waals surface area contributed by atoms with Crippen LogP contribution >= 0.6 is 11.6 Å². The van der Waals surface area contributed by atoms with Gasteiger partial charge in [-0.1, -0.05) is 5.21 Å². The molecule has 1 saturated carbocycles. The molecule has 4 rings (SSSR count). The minimum atomic E-state index is -1.18. The van der Waals surface area contributed by atoms with Gasteiger partial charge >= 0.3 is 5.97 Å². The largest absolute Gasteiger partial charge is 0.468 e. The Morgan fingerprint density at radius 3 is 2.72 bits per heavy atom. The number of alkyl halides is 1. The lowest BCUT2D eigenvalue weighted by Crippen LogP contribution is -2.45. The first kappa shape index (κ1) is 19.8. The lowest BCUT2D eigenvalue weighted by molar-refractivity contribution is -0.142. The maximum Gasteiger partial charge on any atom is 0.327 e. The number of nitrogens with zero attached hydrogens (tertiary/aromatic N) is 5. The molecule has 29 heavy (non-hydrogen) atoms. The summed E-state index contributed by atoms with van der Waals surface area (Å²) >= 11 is 6.17. The van der Waals surface area contributed by atoms with Crippen LogP contribution in [0.25, 0.3) is 5.69 Å². The van der Waals surface area contributed by atoms with Gasteiger partial charge < -0.3 is 10.1 Å². The van der Waals surface area contributed by atoms with E-state index >= 15 is 0 Å². The Morgan fingerprint density at radius 2 is 2.03 bits per heavy atom. The molecule has 1 saturated heterocycles. The maximum atomic E-state index is 12.4. The number of hydrogen-bond donors (Lipinski definition) is 1. The summed E-state index contributed by atoms with van der Waals surface area (Å²) in [5.41, 5.74) is 1.81. The van der Waals surface area contributed by atoms with Crippen molar-refractivity contribution in [2.75, 3.05) is 20.2 Å². The third-order valence-electron chi connectivity index (χ3n) is 5.52. The van der Waals surface area contributed by atoms with Crippen LogP contribution in [-0.4, -0.2) is 67.9 Å². The quantitative estimate of drug-likeness (QED) is 0.549. The van der Waals surface area contributed by atoms with Crippen molar-refractivity contribution < 1.29 is 14.3 Å². The zero-order valence-corrected chi connectivity index (χ0v) is 16.9. The van der Waals surface area contributed by atoms with Crippen LogP contribution in [0.5, 0.6) is 0 Å². The third kappa shape index (κ3) is 4.25. The number of likely N-dealkylation sites (tertiary alicyclic amines) is 1. The number of hydrogen-bond acceptors (Lipinski definition) is 7. The van der Waals surface area contributed by atoms with Crippen LogP contribution in [0.3, 0.4) is 0 Å². The summed E-state index contributed by atoms with van der Waals surface area (Å²) in [5.74, 6) is -1.20. The Bertz CT molecular complexity index is 883. The fourth-order valence-electron chi connectivity index (χ4n) is 3.69. The third-order valence-corrected chi connectivity index (χ3v) is 6.09. The van der Waals surface area contributed by atoms with Gasteiger partial charge in [-0.25, -0.2) is 4.68 Å². The van der Waals surface area contributed by atoms with E-state index in [0.717, 1.165) is 37.3 Å². The van der Waals surface area contributed by atoms with Crippen molar-refractivity contribution in [3.05, 3.63) is 36.4 Å². The average Bonchev–Trinajstić information content (AvgIpc) is 3.24. The number of pyridine rings is 1. The molecule has 1 aliphatic carbocycles. The molecule has 9 nitrogen and oxygen atoms in total. The first-order valence-corrected chi connectivity index (χ1v) is 9.99. The highest BCUT2D eigenvalue weighted by atomic mass is 35.5. The number of piperidine rings is 1. The van der Waals surface area contributed by atoms with Gasteiger partial charge in [-0.3, -0.25) is 19.5 Å². The van der Waals surface area contributed by atoms with E-state index in [1.165, 1.54) is 7.11 Å². The summed E-state index contributed by atoms with van der Waals surface area (Å²) in [6.45, 7) is 2.41. The molecule has 154 valence electrons. The number of rotatable bonds is 6. The van der Waals surface area contributed by atoms with E-state index in [0.29, 0.717) is 13.0 Å². The first-order chi connectivity index (χ1) is 14.0. The molecule has 1 N–H and O–H groups in total. The first-order valence-electron chi connectivity index (χ1n) is 9.61. The van der Waals surface area contributed by atoms with Gasteiger partial charge in [0.2, 0.25) is 5.91 Å². The number of carbonyl (C=O) groups excluding carboxylic acids is 2. The van der Waals surface area contributed by atoms with Crippen LogP contribution < -0.4 is 5.32 Å². The molecule has 0 spiro atoms. The Balaban J connectivity index is 1.24. The molecule has 0 bridgehead atoms. The molecule has 0 aromatic carbocycles. The van der Waals surface area contributed by atoms with Crippen molar-refractivity contribution in [1.29, 1.82) is 0 Å². The van der Waals surface area contributed by atoms with Crippen molar-refractivity contribution >= 4 is 23.5 Å². The van der Waals surface area contributed by atoms with Crippen LogP contribution in [0.1, 0.15) is 25.0 Å². The van der Waals surface area contributed by atoms with Crippen LogP contribution in [0.4, 0.5) is 0 Å². The summed E-state index contributed by atoms with van der Waals surface area (Å²) < 4.78 is 6.41. The molecule has 3 heterocycles. The molecule has 10 heteroatoms. The van der Waals surface area contributed by atoms with Gasteiger partial charge in [-0.05, 0) is 31.4 Å². The van der Waals surface area contributed by atoms with E-state index in [4.69, 9.17) is 11.6 Å². The lowest BCUT2D eigenvalue weighted by atomic mass is 10.0. The van der Waals surface area contributed by atoms with E-state index in [-0.39, 0.29) is 11.9 Å². The van der Waals surface area contributed by atoms with Gasteiger partial charge in [0, 0.05) is 38.1 Å². The average molecular weight is 419 g/mol. The topological polar surface area (TPSA) is 102 Å². The van der Waals surface area contributed by atoms with Crippen LogP contribution in [0, 0.1) is 5.92 Å². The second kappa shape index (κ2) is 8.08. The predicted molar refractivity (Wildman–Crippen MR) is 104 cm³/mol. The second-order valence-electron chi connectivity index (χ2n) is 7.53. The monoisotopic (exact) mass is 418 g/mol. The molecule has 2 atom stereocenters. The van der Waals surface area contributed by atoms with E-state index < -0.39 is 16.8 Å². The van der Waals surface area contributed by atoms with Crippen LogP contribution in [0.2, 0.25) is 0 Å². The molecule has 0 unspecified atom stereocenters. The Hall–Kier alpha value is -2.52. The molecule has 0 radical (unpaired) electrons. The van der Waals surface area contributed by atoms with Crippen molar-refractivity contribution in [3.63, 3.8) is 0 Å². The fourth-order valence-corrected chi connectivity index (χ4v) is 4.02.